The van der Waals surface area contributed by atoms with Crippen molar-refractivity contribution >= 4 is 22.5 Å². The van der Waals surface area contributed by atoms with Gasteiger partial charge < -0.3 is 10.5 Å². The molecule has 4 heteroatoms. The summed E-state index contributed by atoms with van der Waals surface area (Å²) in [6.45, 7) is 0.410. The number of aromatic nitrogens is 1. The summed E-state index contributed by atoms with van der Waals surface area (Å²) in [5, 5.41) is 1.77. The van der Waals surface area contributed by atoms with Crippen molar-refractivity contribution < 1.29 is 4.74 Å². The maximum atomic E-state index is 6.19. The number of halogens is 1. The van der Waals surface area contributed by atoms with E-state index in [2.05, 4.69) is 11.1 Å². The topological polar surface area (TPSA) is 48.1 Å². The smallest absolute Gasteiger partial charge is 0.119 e. The van der Waals surface area contributed by atoms with Gasteiger partial charge in [0.15, 0.2) is 0 Å². The summed E-state index contributed by atoms with van der Waals surface area (Å²) in [5.41, 5.74) is 8.19. The first-order chi connectivity index (χ1) is 10.2. The highest BCUT2D eigenvalue weighted by Crippen LogP contribution is 2.20. The molecule has 3 aromatic rings. The molecule has 0 fully saturated rings. The van der Waals surface area contributed by atoms with Crippen LogP contribution < -0.4 is 10.5 Å². The minimum atomic E-state index is -0.190. The van der Waals surface area contributed by atoms with E-state index in [1.54, 1.807) is 18.3 Å². The molecular formula is C17H15ClN2O. The minimum absolute atomic E-state index is 0.190. The second kappa shape index (κ2) is 6.12. The Bertz CT molecular complexity index is 743. The fourth-order valence-corrected chi connectivity index (χ4v) is 2.26. The quantitative estimate of drug-likeness (QED) is 0.793. The molecule has 1 atom stereocenters. The van der Waals surface area contributed by atoms with Crippen LogP contribution in [-0.2, 0) is 0 Å². The molecule has 0 spiro atoms. The number of fused-ring (bicyclic) bond motifs is 1. The molecule has 2 aromatic carbocycles. The van der Waals surface area contributed by atoms with Crippen molar-refractivity contribution in [3.05, 3.63) is 71.4 Å². The van der Waals surface area contributed by atoms with Crippen molar-refractivity contribution in [2.24, 2.45) is 5.73 Å². The number of pyridine rings is 1. The highest BCUT2D eigenvalue weighted by molar-refractivity contribution is 6.30. The Morgan fingerprint density at radius 1 is 1.10 bits per heavy atom. The van der Waals surface area contributed by atoms with E-state index in [1.165, 1.54) is 0 Å². The van der Waals surface area contributed by atoms with Crippen LogP contribution in [0.2, 0.25) is 5.02 Å². The Balaban J connectivity index is 1.71. The second-order valence-corrected chi connectivity index (χ2v) is 5.26. The Kier molecular flexibility index (Phi) is 4.04. The van der Waals surface area contributed by atoms with Gasteiger partial charge in [-0.3, -0.25) is 4.98 Å². The molecule has 106 valence electrons. The average Bonchev–Trinajstić information content (AvgIpc) is 2.53. The fourth-order valence-electron chi connectivity index (χ4n) is 2.14. The minimum Gasteiger partial charge on any atom is -0.492 e. The first-order valence-electron chi connectivity index (χ1n) is 6.71. The van der Waals surface area contributed by atoms with Gasteiger partial charge in [0, 0.05) is 16.6 Å². The molecule has 0 bridgehead atoms. The Morgan fingerprint density at radius 2 is 1.90 bits per heavy atom. The zero-order valence-electron chi connectivity index (χ0n) is 11.4. The Hall–Kier alpha value is -2.10. The monoisotopic (exact) mass is 298 g/mol. The molecule has 2 N–H and O–H groups in total. The van der Waals surface area contributed by atoms with E-state index in [-0.39, 0.29) is 6.04 Å². The molecule has 21 heavy (non-hydrogen) atoms. The molecule has 1 unspecified atom stereocenters. The zero-order valence-corrected chi connectivity index (χ0v) is 12.1. The second-order valence-electron chi connectivity index (χ2n) is 4.83. The summed E-state index contributed by atoms with van der Waals surface area (Å²) >= 11 is 5.84. The predicted molar refractivity (Wildman–Crippen MR) is 85.6 cm³/mol. The van der Waals surface area contributed by atoms with Crippen LogP contribution in [0.1, 0.15) is 11.6 Å². The van der Waals surface area contributed by atoms with Crippen molar-refractivity contribution in [1.29, 1.82) is 0 Å². The van der Waals surface area contributed by atoms with E-state index in [0.717, 1.165) is 22.2 Å². The van der Waals surface area contributed by atoms with Crippen molar-refractivity contribution in [1.82, 2.24) is 4.98 Å². The lowest BCUT2D eigenvalue weighted by Gasteiger charge is -2.14. The van der Waals surface area contributed by atoms with Gasteiger partial charge in [0.2, 0.25) is 0 Å². The van der Waals surface area contributed by atoms with Gasteiger partial charge in [0.25, 0.3) is 0 Å². The zero-order chi connectivity index (χ0) is 14.7. The Labute approximate surface area is 128 Å². The lowest BCUT2D eigenvalue weighted by Crippen LogP contribution is -2.18. The van der Waals surface area contributed by atoms with Gasteiger partial charge in [0.1, 0.15) is 12.4 Å². The first kappa shape index (κ1) is 13.9. The predicted octanol–water partition coefficient (Wildman–Crippen LogP) is 3.97. The summed E-state index contributed by atoms with van der Waals surface area (Å²) in [5.74, 6) is 0.761. The largest absolute Gasteiger partial charge is 0.492 e. The number of nitrogens with two attached hydrogens (primary N) is 1. The van der Waals surface area contributed by atoms with Gasteiger partial charge in [-0.1, -0.05) is 23.7 Å². The SMILES string of the molecule is NC(COc1ccc(Cl)cc1)c1ccc2ncccc2c1. The van der Waals surface area contributed by atoms with Crippen LogP contribution in [0.15, 0.2) is 60.8 Å². The maximum Gasteiger partial charge on any atom is 0.119 e. The lowest BCUT2D eigenvalue weighted by molar-refractivity contribution is 0.291. The van der Waals surface area contributed by atoms with Gasteiger partial charge >= 0.3 is 0 Å². The molecule has 0 radical (unpaired) electrons. The molecule has 1 heterocycles. The third kappa shape index (κ3) is 3.32. The van der Waals surface area contributed by atoms with E-state index in [4.69, 9.17) is 22.1 Å². The summed E-state index contributed by atoms with van der Waals surface area (Å²) in [6.07, 6.45) is 1.78. The number of hydrogen-bond donors (Lipinski definition) is 1. The van der Waals surface area contributed by atoms with Crippen LogP contribution >= 0.6 is 11.6 Å². The number of rotatable bonds is 4. The summed E-state index contributed by atoms with van der Waals surface area (Å²) in [7, 11) is 0. The molecule has 3 rings (SSSR count). The molecule has 0 aliphatic heterocycles. The van der Waals surface area contributed by atoms with E-state index in [1.807, 2.05) is 36.4 Å². The van der Waals surface area contributed by atoms with E-state index in [0.29, 0.717) is 11.6 Å². The van der Waals surface area contributed by atoms with Crippen molar-refractivity contribution in [2.75, 3.05) is 6.61 Å². The highest BCUT2D eigenvalue weighted by Gasteiger charge is 2.08. The molecule has 0 aliphatic rings. The van der Waals surface area contributed by atoms with Crippen LogP contribution in [0.4, 0.5) is 0 Å². The van der Waals surface area contributed by atoms with E-state index < -0.39 is 0 Å². The van der Waals surface area contributed by atoms with Gasteiger partial charge in [-0.2, -0.15) is 0 Å². The number of hydrogen-bond acceptors (Lipinski definition) is 3. The van der Waals surface area contributed by atoms with Crippen LogP contribution in [0.3, 0.4) is 0 Å². The van der Waals surface area contributed by atoms with Crippen LogP contribution in [0, 0.1) is 0 Å². The lowest BCUT2D eigenvalue weighted by atomic mass is 10.1. The molecule has 0 amide bonds. The maximum absolute atomic E-state index is 6.19. The van der Waals surface area contributed by atoms with Gasteiger partial charge in [-0.25, -0.2) is 0 Å². The summed E-state index contributed by atoms with van der Waals surface area (Å²) in [4.78, 5) is 4.30. The van der Waals surface area contributed by atoms with Crippen molar-refractivity contribution in [3.8, 4) is 5.75 Å². The van der Waals surface area contributed by atoms with Crippen LogP contribution in [-0.4, -0.2) is 11.6 Å². The van der Waals surface area contributed by atoms with Gasteiger partial charge in [0.05, 0.1) is 11.6 Å². The molecule has 3 nitrogen and oxygen atoms in total. The number of benzene rings is 2. The third-order valence-corrected chi connectivity index (χ3v) is 3.55. The van der Waals surface area contributed by atoms with Gasteiger partial charge in [-0.15, -0.1) is 0 Å². The number of nitrogens with zero attached hydrogens (tertiary/aromatic N) is 1. The van der Waals surface area contributed by atoms with Crippen LogP contribution in [0.5, 0.6) is 5.75 Å². The molecular weight excluding hydrogens is 284 g/mol. The van der Waals surface area contributed by atoms with Crippen molar-refractivity contribution in [3.63, 3.8) is 0 Å². The first-order valence-corrected chi connectivity index (χ1v) is 7.09. The molecule has 1 aromatic heterocycles. The molecule has 0 saturated heterocycles. The molecule has 0 aliphatic carbocycles. The normalized spacial score (nSPS) is 12.3. The highest BCUT2D eigenvalue weighted by atomic mass is 35.5. The van der Waals surface area contributed by atoms with Crippen molar-refractivity contribution in [2.45, 2.75) is 6.04 Å². The summed E-state index contributed by atoms with van der Waals surface area (Å²) < 4.78 is 5.69. The molecule has 0 saturated carbocycles. The number of ether oxygens (including phenoxy) is 1. The Morgan fingerprint density at radius 3 is 2.71 bits per heavy atom. The standard InChI is InChI=1S/C17H15ClN2O/c18-14-4-6-15(7-5-14)21-11-16(19)12-3-8-17-13(10-12)2-1-9-20-17/h1-10,16H,11,19H2. The summed E-state index contributed by atoms with van der Waals surface area (Å²) in [6, 6.07) is 17.0. The third-order valence-electron chi connectivity index (χ3n) is 3.30. The average molecular weight is 299 g/mol. The van der Waals surface area contributed by atoms with E-state index >= 15 is 0 Å². The van der Waals surface area contributed by atoms with E-state index in [9.17, 15) is 0 Å². The van der Waals surface area contributed by atoms with Crippen LogP contribution in [0.25, 0.3) is 10.9 Å². The fraction of sp³-hybridized carbons (Fsp3) is 0.118. The van der Waals surface area contributed by atoms with Gasteiger partial charge in [-0.05, 0) is 48.0 Å².